The highest BCUT2D eigenvalue weighted by Gasteiger charge is 2.12. The molecule has 0 bridgehead atoms. The average Bonchev–Trinajstić information content (AvgIpc) is 3.36. The van der Waals surface area contributed by atoms with Gasteiger partial charge in [0.1, 0.15) is 0 Å². The number of carbonyl (C=O) groups is 2. The normalized spacial score (nSPS) is 12.0. The standard InChI is InChI=1S/C20H19N3O6S2/c1-3-29-11-10-22-15-7-4-13(19(25)28-2)12-16(15)31-20(22)21-17(24)8-5-14-6-9-18(30-14)23(26)27/h4-9,12H,3,10-11H2,1-2H3. The summed E-state index contributed by atoms with van der Waals surface area (Å²) < 4.78 is 12.8. The molecule has 0 spiro atoms. The number of esters is 1. The largest absolute Gasteiger partial charge is 0.465 e. The molecule has 0 aliphatic rings. The van der Waals surface area contributed by atoms with Gasteiger partial charge in [-0.1, -0.05) is 22.7 Å². The summed E-state index contributed by atoms with van der Waals surface area (Å²) in [7, 11) is 1.32. The third kappa shape index (κ3) is 5.51. The Balaban J connectivity index is 1.94. The first kappa shape index (κ1) is 22.5. The second kappa shape index (κ2) is 10.2. The number of carbonyl (C=O) groups excluding carboxylic acids is 2. The van der Waals surface area contributed by atoms with Gasteiger partial charge in [-0.3, -0.25) is 14.9 Å². The summed E-state index contributed by atoms with van der Waals surface area (Å²) in [5.41, 5.74) is 1.23. The lowest BCUT2D eigenvalue weighted by molar-refractivity contribution is -0.380. The van der Waals surface area contributed by atoms with E-state index in [1.807, 2.05) is 11.5 Å². The van der Waals surface area contributed by atoms with Crippen molar-refractivity contribution in [3.05, 3.63) is 61.8 Å². The Hall–Kier alpha value is -3.15. The summed E-state index contributed by atoms with van der Waals surface area (Å²) in [6.45, 7) is 3.39. The van der Waals surface area contributed by atoms with Crippen molar-refractivity contribution in [2.45, 2.75) is 13.5 Å². The minimum absolute atomic E-state index is 0.00344. The number of rotatable bonds is 8. The van der Waals surface area contributed by atoms with Crippen molar-refractivity contribution >= 4 is 55.8 Å². The lowest BCUT2D eigenvalue weighted by Crippen LogP contribution is -2.19. The van der Waals surface area contributed by atoms with Crippen LogP contribution in [0.4, 0.5) is 5.00 Å². The van der Waals surface area contributed by atoms with Crippen LogP contribution in [-0.2, 0) is 20.8 Å². The molecule has 0 radical (unpaired) electrons. The molecule has 0 aliphatic heterocycles. The summed E-state index contributed by atoms with van der Waals surface area (Å²) in [5.74, 6) is -0.945. The lowest BCUT2D eigenvalue weighted by atomic mass is 10.2. The van der Waals surface area contributed by atoms with Crippen molar-refractivity contribution < 1.29 is 24.0 Å². The van der Waals surface area contributed by atoms with Gasteiger partial charge in [-0.05, 0) is 37.3 Å². The second-order valence-corrected chi connectivity index (χ2v) is 8.23. The molecule has 0 atom stereocenters. The number of nitro groups is 1. The van der Waals surface area contributed by atoms with Crippen LogP contribution in [0.15, 0.2) is 41.4 Å². The number of ether oxygens (including phenoxy) is 2. The molecule has 162 valence electrons. The van der Waals surface area contributed by atoms with Gasteiger partial charge in [0.2, 0.25) is 0 Å². The fourth-order valence-corrected chi connectivity index (χ4v) is 4.56. The van der Waals surface area contributed by atoms with Gasteiger partial charge in [0.15, 0.2) is 4.80 Å². The summed E-state index contributed by atoms with van der Waals surface area (Å²) in [4.78, 5) is 39.8. The molecule has 2 aromatic heterocycles. The maximum absolute atomic E-state index is 12.4. The third-order valence-corrected chi connectivity index (χ3v) is 6.20. The molecular formula is C20H19N3O6S2. The van der Waals surface area contributed by atoms with E-state index in [1.165, 1.54) is 36.7 Å². The molecule has 0 N–H and O–H groups in total. The minimum atomic E-state index is -0.499. The Morgan fingerprint density at radius 1 is 1.26 bits per heavy atom. The highest BCUT2D eigenvalue weighted by molar-refractivity contribution is 7.16. The van der Waals surface area contributed by atoms with Crippen LogP contribution in [0.25, 0.3) is 16.3 Å². The number of hydrogen-bond acceptors (Lipinski definition) is 8. The summed E-state index contributed by atoms with van der Waals surface area (Å²) in [6, 6.07) is 8.11. The lowest BCUT2D eigenvalue weighted by Gasteiger charge is -2.05. The van der Waals surface area contributed by atoms with Crippen molar-refractivity contribution in [2.75, 3.05) is 20.3 Å². The van der Waals surface area contributed by atoms with Gasteiger partial charge in [0, 0.05) is 30.2 Å². The van der Waals surface area contributed by atoms with Crippen molar-refractivity contribution in [1.82, 2.24) is 4.57 Å². The van der Waals surface area contributed by atoms with Gasteiger partial charge in [-0.25, -0.2) is 4.79 Å². The van der Waals surface area contributed by atoms with Gasteiger partial charge >= 0.3 is 11.0 Å². The van der Waals surface area contributed by atoms with Crippen LogP contribution in [-0.4, -0.2) is 41.7 Å². The van der Waals surface area contributed by atoms with Gasteiger partial charge < -0.3 is 14.0 Å². The van der Waals surface area contributed by atoms with Gasteiger partial charge in [-0.15, -0.1) is 0 Å². The molecule has 0 fully saturated rings. The number of thiazole rings is 1. The van der Waals surface area contributed by atoms with Crippen molar-refractivity contribution in [3.8, 4) is 0 Å². The molecule has 9 nitrogen and oxygen atoms in total. The van der Waals surface area contributed by atoms with Crippen LogP contribution < -0.4 is 4.80 Å². The van der Waals surface area contributed by atoms with Crippen LogP contribution >= 0.6 is 22.7 Å². The topological polar surface area (TPSA) is 113 Å². The number of hydrogen-bond donors (Lipinski definition) is 0. The molecule has 11 heteroatoms. The van der Waals surface area contributed by atoms with E-state index in [0.29, 0.717) is 35.0 Å². The number of thiophene rings is 1. The number of fused-ring (bicyclic) bond motifs is 1. The quantitative estimate of drug-likeness (QED) is 0.166. The number of methoxy groups -OCH3 is 1. The molecule has 1 amide bonds. The van der Waals surface area contributed by atoms with Crippen molar-refractivity contribution in [2.24, 2.45) is 4.99 Å². The molecule has 2 heterocycles. The summed E-state index contributed by atoms with van der Waals surface area (Å²) in [5, 5.41) is 10.8. The zero-order valence-electron chi connectivity index (χ0n) is 16.8. The smallest absolute Gasteiger partial charge is 0.337 e. The van der Waals surface area contributed by atoms with Crippen LogP contribution in [0.5, 0.6) is 0 Å². The SMILES string of the molecule is CCOCCn1c(=NC(=O)C=Cc2ccc([N+](=O)[O-])s2)sc2cc(C(=O)OC)ccc21. The number of aromatic nitrogens is 1. The number of benzene rings is 1. The maximum atomic E-state index is 12.4. The van der Waals surface area contributed by atoms with E-state index >= 15 is 0 Å². The molecule has 0 unspecified atom stereocenters. The molecule has 0 saturated heterocycles. The average molecular weight is 462 g/mol. The molecule has 0 aliphatic carbocycles. The molecule has 0 saturated carbocycles. The van der Waals surface area contributed by atoms with Crippen LogP contribution in [0.3, 0.4) is 0 Å². The Morgan fingerprint density at radius 2 is 2.06 bits per heavy atom. The van der Waals surface area contributed by atoms with Crippen LogP contribution in [0.1, 0.15) is 22.2 Å². The predicted molar refractivity (Wildman–Crippen MR) is 118 cm³/mol. The molecule has 3 rings (SSSR count). The van der Waals surface area contributed by atoms with Gasteiger partial charge in [0.25, 0.3) is 5.91 Å². The monoisotopic (exact) mass is 461 g/mol. The fraction of sp³-hybridized carbons (Fsp3) is 0.250. The van der Waals surface area contributed by atoms with E-state index in [-0.39, 0.29) is 5.00 Å². The Bertz CT molecular complexity index is 1220. The van der Waals surface area contributed by atoms with Crippen LogP contribution in [0.2, 0.25) is 0 Å². The van der Waals surface area contributed by atoms with E-state index < -0.39 is 16.8 Å². The molecule has 31 heavy (non-hydrogen) atoms. The van der Waals surface area contributed by atoms with E-state index in [4.69, 9.17) is 9.47 Å². The molecule has 3 aromatic rings. The third-order valence-electron chi connectivity index (χ3n) is 4.16. The predicted octanol–water partition coefficient (Wildman–Crippen LogP) is 3.64. The first-order chi connectivity index (χ1) is 14.9. The number of amides is 1. The minimum Gasteiger partial charge on any atom is -0.465 e. The second-order valence-electron chi connectivity index (χ2n) is 6.12. The van der Waals surface area contributed by atoms with E-state index in [1.54, 1.807) is 24.3 Å². The zero-order valence-corrected chi connectivity index (χ0v) is 18.4. The molecular weight excluding hydrogens is 442 g/mol. The Labute approximate surface area is 185 Å². The maximum Gasteiger partial charge on any atom is 0.337 e. The highest BCUT2D eigenvalue weighted by Crippen LogP contribution is 2.25. The number of nitrogens with zero attached hydrogens (tertiary/aromatic N) is 3. The van der Waals surface area contributed by atoms with E-state index in [9.17, 15) is 19.7 Å². The zero-order chi connectivity index (χ0) is 22.4. The van der Waals surface area contributed by atoms with Crippen LogP contribution in [0, 0.1) is 10.1 Å². The van der Waals surface area contributed by atoms with Crippen molar-refractivity contribution in [1.29, 1.82) is 0 Å². The molecule has 1 aromatic carbocycles. The first-order valence-electron chi connectivity index (χ1n) is 9.23. The van der Waals surface area contributed by atoms with E-state index in [0.717, 1.165) is 21.6 Å². The van der Waals surface area contributed by atoms with Crippen molar-refractivity contribution in [3.63, 3.8) is 0 Å². The Morgan fingerprint density at radius 3 is 2.74 bits per heavy atom. The van der Waals surface area contributed by atoms with Gasteiger partial charge in [0.05, 0.1) is 34.4 Å². The summed E-state index contributed by atoms with van der Waals surface area (Å²) in [6.07, 6.45) is 2.77. The van der Waals surface area contributed by atoms with E-state index in [2.05, 4.69) is 4.99 Å². The fourth-order valence-electron chi connectivity index (χ4n) is 2.73. The Kier molecular flexibility index (Phi) is 7.45. The summed E-state index contributed by atoms with van der Waals surface area (Å²) >= 11 is 2.25. The first-order valence-corrected chi connectivity index (χ1v) is 10.9. The highest BCUT2D eigenvalue weighted by atomic mass is 32.1. The van der Waals surface area contributed by atoms with Gasteiger partial charge in [-0.2, -0.15) is 4.99 Å².